The highest BCUT2D eigenvalue weighted by Gasteiger charge is 2.25. The van der Waals surface area contributed by atoms with Crippen LogP contribution in [0.1, 0.15) is 22.8 Å². The number of rotatable bonds is 7. The fourth-order valence-electron chi connectivity index (χ4n) is 3.98. The van der Waals surface area contributed by atoms with Crippen molar-refractivity contribution in [3.63, 3.8) is 0 Å². The Morgan fingerprint density at radius 3 is 2.39 bits per heavy atom. The van der Waals surface area contributed by atoms with Gasteiger partial charge in [-0.15, -0.1) is 0 Å². The van der Waals surface area contributed by atoms with Gasteiger partial charge in [-0.2, -0.15) is 0 Å². The van der Waals surface area contributed by atoms with Gasteiger partial charge in [0.1, 0.15) is 6.10 Å². The van der Waals surface area contributed by atoms with Gasteiger partial charge in [0, 0.05) is 28.9 Å². The van der Waals surface area contributed by atoms with Crippen LogP contribution in [0.25, 0.3) is 17.0 Å². The summed E-state index contributed by atoms with van der Waals surface area (Å²) in [5.74, 6) is 0. The minimum Gasteiger partial charge on any atom is -0.367 e. The van der Waals surface area contributed by atoms with Crippen molar-refractivity contribution in [3.8, 4) is 0 Å². The highest BCUT2D eigenvalue weighted by Crippen LogP contribution is 2.28. The third-order valence-electron chi connectivity index (χ3n) is 5.62. The lowest BCUT2D eigenvalue weighted by Gasteiger charge is -2.20. The Hall–Kier alpha value is -3.61. The molecule has 5 rings (SSSR count). The molecule has 1 atom stereocenters. The lowest BCUT2D eigenvalue weighted by atomic mass is 10.1. The molecule has 164 valence electrons. The Balaban J connectivity index is 1.44. The molecule has 0 aliphatic carbocycles. The molecule has 1 fully saturated rings. The zero-order chi connectivity index (χ0) is 22.6. The minimum absolute atomic E-state index is 0.129. The number of hydrogen-bond donors (Lipinski definition) is 1. The standard InChI is InChI=1S/C27H22N2O3S/c30-26-23(28-27(31)33-26)16-21-12-7-13-24-22(21)14-15-29(24)17-25(20-10-5-2-6-11-20)32-18-19-8-3-1-4-9-19/h1-16,25H,17-18H2,(H,28,31). The van der Waals surface area contributed by atoms with Crippen LogP contribution >= 0.6 is 11.8 Å². The molecule has 33 heavy (non-hydrogen) atoms. The lowest BCUT2D eigenvalue weighted by molar-refractivity contribution is -0.107. The number of hydrogen-bond acceptors (Lipinski definition) is 4. The van der Waals surface area contributed by atoms with Gasteiger partial charge in [0.25, 0.3) is 5.24 Å². The number of thioether (sulfide) groups is 1. The monoisotopic (exact) mass is 454 g/mol. The molecular formula is C27H22N2O3S. The number of benzene rings is 3. The van der Waals surface area contributed by atoms with Gasteiger partial charge in [0.15, 0.2) is 0 Å². The Labute approximate surface area is 196 Å². The van der Waals surface area contributed by atoms with Gasteiger partial charge >= 0.3 is 0 Å². The highest BCUT2D eigenvalue weighted by molar-refractivity contribution is 8.27. The van der Waals surface area contributed by atoms with Gasteiger partial charge in [-0.1, -0.05) is 72.8 Å². The number of nitrogens with one attached hydrogen (secondary N) is 1. The lowest BCUT2D eigenvalue weighted by Crippen LogP contribution is -2.12. The number of carbonyl (C=O) groups excluding carboxylic acids is 2. The third-order valence-corrected chi connectivity index (χ3v) is 6.31. The Morgan fingerprint density at radius 1 is 0.909 bits per heavy atom. The summed E-state index contributed by atoms with van der Waals surface area (Å²) in [6, 6.07) is 28.4. The Morgan fingerprint density at radius 2 is 1.67 bits per heavy atom. The van der Waals surface area contributed by atoms with E-state index in [4.69, 9.17) is 4.74 Å². The summed E-state index contributed by atoms with van der Waals surface area (Å²) in [5.41, 5.74) is 4.49. The zero-order valence-electron chi connectivity index (χ0n) is 17.8. The normalized spacial score (nSPS) is 15.8. The third kappa shape index (κ3) is 4.77. The van der Waals surface area contributed by atoms with Crippen molar-refractivity contribution >= 4 is 39.1 Å². The first-order valence-electron chi connectivity index (χ1n) is 10.7. The number of amides is 1. The topological polar surface area (TPSA) is 60.3 Å². The molecule has 0 saturated carbocycles. The van der Waals surface area contributed by atoms with E-state index in [2.05, 4.69) is 40.2 Å². The molecule has 1 unspecified atom stereocenters. The molecule has 4 aromatic rings. The van der Waals surface area contributed by atoms with Gasteiger partial charge in [-0.25, -0.2) is 0 Å². The quantitative estimate of drug-likeness (QED) is 0.352. The molecule has 1 aliphatic rings. The van der Waals surface area contributed by atoms with Crippen LogP contribution in [-0.4, -0.2) is 14.9 Å². The van der Waals surface area contributed by atoms with E-state index in [0.717, 1.165) is 27.6 Å². The van der Waals surface area contributed by atoms with E-state index < -0.39 is 0 Å². The van der Waals surface area contributed by atoms with Crippen LogP contribution in [0.2, 0.25) is 0 Å². The van der Waals surface area contributed by atoms with Gasteiger partial charge < -0.3 is 14.6 Å². The molecule has 0 spiro atoms. The molecule has 1 N–H and O–H groups in total. The van der Waals surface area contributed by atoms with Crippen LogP contribution in [0.4, 0.5) is 4.79 Å². The van der Waals surface area contributed by atoms with Crippen molar-refractivity contribution in [1.82, 2.24) is 9.88 Å². The first-order chi connectivity index (χ1) is 16.2. The van der Waals surface area contributed by atoms with Crippen molar-refractivity contribution in [1.29, 1.82) is 0 Å². The number of carbonyl (C=O) groups is 2. The highest BCUT2D eigenvalue weighted by atomic mass is 32.2. The predicted octanol–water partition coefficient (Wildman–Crippen LogP) is 5.92. The number of ether oxygens (including phenoxy) is 1. The SMILES string of the molecule is O=C1NC(=Cc2cccc3c2ccn3CC(OCc2ccccc2)c2ccccc2)C(=O)S1. The van der Waals surface area contributed by atoms with Crippen LogP contribution in [0.3, 0.4) is 0 Å². The van der Waals surface area contributed by atoms with E-state index in [0.29, 0.717) is 30.6 Å². The number of fused-ring (bicyclic) bond motifs is 1. The second-order valence-corrected chi connectivity index (χ2v) is 8.75. The van der Waals surface area contributed by atoms with E-state index in [-0.39, 0.29) is 16.5 Å². The number of aromatic nitrogens is 1. The van der Waals surface area contributed by atoms with Crippen molar-refractivity contribution in [2.75, 3.05) is 0 Å². The predicted molar refractivity (Wildman–Crippen MR) is 131 cm³/mol. The molecule has 0 radical (unpaired) electrons. The van der Waals surface area contributed by atoms with Gasteiger partial charge in [0.05, 0.1) is 18.8 Å². The fourth-order valence-corrected chi connectivity index (χ4v) is 4.53. The summed E-state index contributed by atoms with van der Waals surface area (Å²) >= 11 is 0.689. The van der Waals surface area contributed by atoms with Crippen molar-refractivity contribution in [2.45, 2.75) is 19.3 Å². The van der Waals surface area contributed by atoms with Gasteiger partial charge in [-0.3, -0.25) is 9.59 Å². The maximum Gasteiger partial charge on any atom is 0.291 e. The molecule has 0 bridgehead atoms. The molecule has 1 amide bonds. The van der Waals surface area contributed by atoms with E-state index in [1.807, 2.05) is 60.8 Å². The first-order valence-corrected chi connectivity index (χ1v) is 11.5. The fraction of sp³-hybridized carbons (Fsp3) is 0.111. The van der Waals surface area contributed by atoms with Crippen LogP contribution < -0.4 is 5.32 Å². The summed E-state index contributed by atoms with van der Waals surface area (Å²) in [4.78, 5) is 23.5. The van der Waals surface area contributed by atoms with E-state index >= 15 is 0 Å². The van der Waals surface area contributed by atoms with Crippen molar-refractivity contribution in [2.24, 2.45) is 0 Å². The Bertz CT molecular complexity index is 1330. The van der Waals surface area contributed by atoms with Crippen molar-refractivity contribution in [3.05, 3.63) is 114 Å². The summed E-state index contributed by atoms with van der Waals surface area (Å²) in [6.07, 6.45) is 3.65. The summed E-state index contributed by atoms with van der Waals surface area (Å²) in [6.45, 7) is 1.17. The summed E-state index contributed by atoms with van der Waals surface area (Å²) in [5, 5.41) is 3.04. The first kappa shape index (κ1) is 21.2. The molecule has 1 aromatic heterocycles. The van der Waals surface area contributed by atoms with Crippen LogP contribution in [0.5, 0.6) is 0 Å². The second-order valence-electron chi connectivity index (χ2n) is 7.80. The van der Waals surface area contributed by atoms with E-state index in [1.165, 1.54) is 0 Å². The van der Waals surface area contributed by atoms with E-state index in [1.54, 1.807) is 6.08 Å². The van der Waals surface area contributed by atoms with Crippen LogP contribution in [-0.2, 0) is 22.7 Å². The van der Waals surface area contributed by atoms with E-state index in [9.17, 15) is 9.59 Å². The molecule has 3 aromatic carbocycles. The Kier molecular flexibility index (Phi) is 6.11. The zero-order valence-corrected chi connectivity index (χ0v) is 18.6. The molecule has 2 heterocycles. The average Bonchev–Trinajstić information content (AvgIpc) is 3.40. The number of nitrogens with zero attached hydrogens (tertiary/aromatic N) is 1. The van der Waals surface area contributed by atoms with Gasteiger partial charge in [-0.05, 0) is 34.9 Å². The molecule has 6 heteroatoms. The van der Waals surface area contributed by atoms with Crippen molar-refractivity contribution < 1.29 is 14.3 Å². The van der Waals surface area contributed by atoms with Gasteiger partial charge in [0.2, 0.25) is 5.12 Å². The molecule has 1 saturated heterocycles. The maximum atomic E-state index is 12.0. The second kappa shape index (κ2) is 9.48. The molecule has 5 nitrogen and oxygen atoms in total. The minimum atomic E-state index is -0.336. The largest absolute Gasteiger partial charge is 0.367 e. The maximum absolute atomic E-state index is 12.0. The summed E-state index contributed by atoms with van der Waals surface area (Å²) < 4.78 is 8.54. The molecule has 1 aliphatic heterocycles. The average molecular weight is 455 g/mol. The smallest absolute Gasteiger partial charge is 0.291 e. The van der Waals surface area contributed by atoms with Crippen LogP contribution in [0, 0.1) is 0 Å². The summed E-state index contributed by atoms with van der Waals surface area (Å²) in [7, 11) is 0. The van der Waals surface area contributed by atoms with Crippen LogP contribution in [0.15, 0.2) is 96.8 Å². The molecular weight excluding hydrogens is 432 g/mol.